The van der Waals surface area contributed by atoms with Crippen LogP contribution in [-0.4, -0.2) is 28.6 Å². The summed E-state index contributed by atoms with van der Waals surface area (Å²) in [5.41, 5.74) is 0.251. The van der Waals surface area contributed by atoms with E-state index in [9.17, 15) is 9.59 Å². The third-order valence-electron chi connectivity index (χ3n) is 1.85. The summed E-state index contributed by atoms with van der Waals surface area (Å²) >= 11 is 5.75. The van der Waals surface area contributed by atoms with Crippen LogP contribution in [0.15, 0.2) is 12.3 Å². The molecule has 94 valence electrons. The molecule has 1 aromatic rings. The largest absolute Gasteiger partial charge is 0.478 e. The maximum atomic E-state index is 11.0. The molecular weight excluding hydrogens is 258 g/mol. The molecular formula is C12H10ClNO4. The van der Waals surface area contributed by atoms with Crippen LogP contribution in [0.2, 0.25) is 5.15 Å². The molecule has 1 N–H and O–H groups in total. The molecule has 5 nitrogen and oxygen atoms in total. The van der Waals surface area contributed by atoms with Crippen LogP contribution >= 0.6 is 11.6 Å². The van der Waals surface area contributed by atoms with Crippen LogP contribution in [-0.2, 0) is 9.53 Å². The van der Waals surface area contributed by atoms with Crippen molar-refractivity contribution < 1.29 is 19.4 Å². The van der Waals surface area contributed by atoms with Gasteiger partial charge in [-0.2, -0.15) is 0 Å². The quantitative estimate of drug-likeness (QED) is 0.513. The standard InChI is InChI=1S/C12H10ClNO4/c1-2-18-10(15)5-3-4-8-6-9(12(16)17)7-14-11(8)13/h6-7H,2,5H2,1H3,(H,16,17). The Hall–Kier alpha value is -2.06. The van der Waals surface area contributed by atoms with E-state index in [4.69, 9.17) is 16.7 Å². The fraction of sp³-hybridized carbons (Fsp3) is 0.250. The van der Waals surface area contributed by atoms with Gasteiger partial charge in [0.25, 0.3) is 0 Å². The number of ether oxygens (including phenoxy) is 1. The Labute approximate surface area is 109 Å². The highest BCUT2D eigenvalue weighted by Crippen LogP contribution is 2.13. The second-order valence-corrected chi connectivity index (χ2v) is 3.51. The van der Waals surface area contributed by atoms with Gasteiger partial charge < -0.3 is 9.84 Å². The number of carbonyl (C=O) groups is 2. The molecule has 0 spiro atoms. The summed E-state index contributed by atoms with van der Waals surface area (Å²) in [4.78, 5) is 25.5. The number of esters is 1. The fourth-order valence-electron chi connectivity index (χ4n) is 1.08. The van der Waals surface area contributed by atoms with Crippen LogP contribution in [0.5, 0.6) is 0 Å². The molecule has 0 bridgehead atoms. The zero-order valence-corrected chi connectivity index (χ0v) is 10.3. The Morgan fingerprint density at radius 1 is 1.56 bits per heavy atom. The van der Waals surface area contributed by atoms with Gasteiger partial charge in [-0.1, -0.05) is 23.4 Å². The van der Waals surface area contributed by atoms with Gasteiger partial charge >= 0.3 is 11.9 Å². The van der Waals surface area contributed by atoms with E-state index >= 15 is 0 Å². The molecule has 6 heteroatoms. The van der Waals surface area contributed by atoms with Gasteiger partial charge in [0.15, 0.2) is 0 Å². The first-order chi connectivity index (χ1) is 8.54. The highest BCUT2D eigenvalue weighted by molar-refractivity contribution is 6.30. The van der Waals surface area contributed by atoms with E-state index < -0.39 is 11.9 Å². The molecule has 18 heavy (non-hydrogen) atoms. The van der Waals surface area contributed by atoms with Gasteiger partial charge in [-0.3, -0.25) is 4.79 Å². The first kappa shape index (κ1) is 14.0. The van der Waals surface area contributed by atoms with E-state index in [1.165, 1.54) is 6.07 Å². The number of halogens is 1. The summed E-state index contributed by atoms with van der Waals surface area (Å²) in [6.45, 7) is 1.99. The Morgan fingerprint density at radius 3 is 2.89 bits per heavy atom. The molecule has 0 unspecified atom stereocenters. The molecule has 0 aliphatic heterocycles. The molecule has 0 amide bonds. The first-order valence-corrected chi connectivity index (χ1v) is 5.45. The third kappa shape index (κ3) is 4.07. The van der Waals surface area contributed by atoms with Gasteiger partial charge in [0, 0.05) is 6.20 Å². The van der Waals surface area contributed by atoms with E-state index in [0.717, 1.165) is 6.20 Å². The minimum atomic E-state index is -1.12. The highest BCUT2D eigenvalue weighted by atomic mass is 35.5. The number of carboxylic acids is 1. The van der Waals surface area contributed by atoms with E-state index in [-0.39, 0.29) is 29.3 Å². The van der Waals surface area contributed by atoms with Crippen molar-refractivity contribution in [2.75, 3.05) is 6.61 Å². The number of pyridine rings is 1. The predicted octanol–water partition coefficient (Wildman–Crippen LogP) is 1.74. The SMILES string of the molecule is CCOC(=O)CC#Cc1cc(C(=O)O)cnc1Cl. The maximum Gasteiger partial charge on any atom is 0.337 e. The summed E-state index contributed by atoms with van der Waals surface area (Å²) in [7, 11) is 0. The zero-order chi connectivity index (χ0) is 13.5. The molecule has 0 saturated carbocycles. The number of aromatic carboxylic acids is 1. The second-order valence-electron chi connectivity index (χ2n) is 3.15. The van der Waals surface area contributed by atoms with Gasteiger partial charge in [-0.15, -0.1) is 0 Å². The van der Waals surface area contributed by atoms with Gasteiger partial charge in [0.2, 0.25) is 0 Å². The van der Waals surface area contributed by atoms with E-state index in [1.54, 1.807) is 6.92 Å². The number of nitrogens with zero attached hydrogens (tertiary/aromatic N) is 1. The Morgan fingerprint density at radius 2 is 2.28 bits per heavy atom. The Balaban J connectivity index is 2.84. The van der Waals surface area contributed by atoms with Gasteiger partial charge in [-0.05, 0) is 13.0 Å². The van der Waals surface area contributed by atoms with E-state index in [0.29, 0.717) is 0 Å². The summed E-state index contributed by atoms with van der Waals surface area (Å²) in [6.07, 6.45) is 1.06. The molecule has 1 rings (SSSR count). The van der Waals surface area contributed by atoms with Crippen LogP contribution in [0.1, 0.15) is 29.3 Å². The van der Waals surface area contributed by atoms with Gasteiger partial charge in [-0.25, -0.2) is 9.78 Å². The molecule has 0 aliphatic carbocycles. The van der Waals surface area contributed by atoms with Crippen molar-refractivity contribution in [1.29, 1.82) is 0 Å². The predicted molar refractivity (Wildman–Crippen MR) is 64.3 cm³/mol. The summed E-state index contributed by atoms with van der Waals surface area (Å²) in [6, 6.07) is 1.30. The number of carbonyl (C=O) groups excluding carboxylic acids is 1. The number of rotatable bonds is 3. The van der Waals surface area contributed by atoms with Crippen molar-refractivity contribution >= 4 is 23.5 Å². The lowest BCUT2D eigenvalue weighted by atomic mass is 10.2. The highest BCUT2D eigenvalue weighted by Gasteiger charge is 2.06. The topological polar surface area (TPSA) is 76.5 Å². The van der Waals surface area contributed by atoms with Crippen molar-refractivity contribution in [1.82, 2.24) is 4.98 Å². The minimum Gasteiger partial charge on any atom is -0.478 e. The molecule has 0 radical (unpaired) electrons. The molecule has 1 heterocycles. The smallest absolute Gasteiger partial charge is 0.337 e. The number of hydrogen-bond acceptors (Lipinski definition) is 4. The van der Waals surface area contributed by atoms with Crippen molar-refractivity contribution in [3.63, 3.8) is 0 Å². The lowest BCUT2D eigenvalue weighted by molar-refractivity contribution is -0.141. The van der Waals surface area contributed by atoms with Crippen molar-refractivity contribution in [3.8, 4) is 11.8 Å². The van der Waals surface area contributed by atoms with Gasteiger partial charge in [0.1, 0.15) is 11.6 Å². The number of aromatic nitrogens is 1. The lowest BCUT2D eigenvalue weighted by Gasteiger charge is -1.98. The van der Waals surface area contributed by atoms with E-state index in [1.807, 2.05) is 0 Å². The van der Waals surface area contributed by atoms with E-state index in [2.05, 4.69) is 21.6 Å². The summed E-state index contributed by atoms with van der Waals surface area (Å²) in [5, 5.41) is 8.87. The van der Waals surface area contributed by atoms with Crippen LogP contribution in [0.25, 0.3) is 0 Å². The maximum absolute atomic E-state index is 11.0. The first-order valence-electron chi connectivity index (χ1n) is 5.08. The zero-order valence-electron chi connectivity index (χ0n) is 9.57. The number of hydrogen-bond donors (Lipinski definition) is 1. The molecule has 0 atom stereocenters. The molecule has 1 aromatic heterocycles. The lowest BCUT2D eigenvalue weighted by Crippen LogP contribution is -2.02. The Bertz CT molecular complexity index is 531. The molecule has 0 fully saturated rings. The average Bonchev–Trinajstić information content (AvgIpc) is 2.31. The second kappa shape index (κ2) is 6.62. The van der Waals surface area contributed by atoms with Crippen molar-refractivity contribution in [2.24, 2.45) is 0 Å². The monoisotopic (exact) mass is 267 g/mol. The van der Waals surface area contributed by atoms with Crippen LogP contribution in [0.3, 0.4) is 0 Å². The summed E-state index contributed by atoms with van der Waals surface area (Å²) in [5.74, 6) is 3.58. The van der Waals surface area contributed by atoms with Crippen LogP contribution < -0.4 is 0 Å². The summed E-state index contributed by atoms with van der Waals surface area (Å²) < 4.78 is 4.69. The van der Waals surface area contributed by atoms with Crippen molar-refractivity contribution in [2.45, 2.75) is 13.3 Å². The fourth-order valence-corrected chi connectivity index (χ4v) is 1.23. The molecule has 0 aromatic carbocycles. The molecule has 0 saturated heterocycles. The number of carboxylic acid groups (broad SMARTS) is 1. The molecule has 0 aliphatic rings. The average molecular weight is 268 g/mol. The van der Waals surface area contributed by atoms with Crippen LogP contribution in [0, 0.1) is 11.8 Å². The minimum absolute atomic E-state index is 0.0140. The Kier molecular flexibility index (Phi) is 5.15. The third-order valence-corrected chi connectivity index (χ3v) is 2.15. The van der Waals surface area contributed by atoms with Gasteiger partial charge in [0.05, 0.1) is 17.7 Å². The normalized spacial score (nSPS) is 9.22. The van der Waals surface area contributed by atoms with Crippen molar-refractivity contribution in [3.05, 3.63) is 28.5 Å². The van der Waals surface area contributed by atoms with Crippen LogP contribution in [0.4, 0.5) is 0 Å².